The molecule has 0 amide bonds. The van der Waals surface area contributed by atoms with Crippen molar-refractivity contribution < 1.29 is 5.11 Å². The summed E-state index contributed by atoms with van der Waals surface area (Å²) in [6, 6.07) is 2.44. The minimum absolute atomic E-state index is 0.442. The van der Waals surface area contributed by atoms with Crippen LogP contribution in [0, 0.1) is 13.8 Å². The van der Waals surface area contributed by atoms with Gasteiger partial charge in [0.2, 0.25) is 0 Å². The van der Waals surface area contributed by atoms with Crippen LogP contribution in [-0.4, -0.2) is 24.7 Å². The van der Waals surface area contributed by atoms with Crippen molar-refractivity contribution in [3.8, 4) is 0 Å². The zero-order valence-corrected chi connectivity index (χ0v) is 13.7. The molecule has 0 saturated heterocycles. The van der Waals surface area contributed by atoms with Crippen molar-refractivity contribution in [1.29, 1.82) is 0 Å². The van der Waals surface area contributed by atoms with Crippen LogP contribution >= 0.6 is 0 Å². The maximum absolute atomic E-state index is 10.5. The fourth-order valence-corrected chi connectivity index (χ4v) is 2.92. The van der Waals surface area contributed by atoms with Crippen LogP contribution in [0.1, 0.15) is 61.5 Å². The van der Waals surface area contributed by atoms with Gasteiger partial charge in [-0.1, -0.05) is 13.8 Å². The Balaban J connectivity index is 2.14. The molecule has 5 nitrogen and oxygen atoms in total. The third-order valence-electron chi connectivity index (χ3n) is 4.28. The molecule has 2 aromatic rings. The summed E-state index contributed by atoms with van der Waals surface area (Å²) < 4.78 is 3.84. The number of hydrogen-bond donors (Lipinski definition) is 1. The molecule has 0 spiro atoms. The average molecular weight is 290 g/mol. The standard InChI is InChI=1S/C16H26N4O/c1-6-14(7-2)20-9-8-13(18-20)10-15(21)16-11(3)17-19(5)12(16)4/h8-9,14-15,21H,6-7,10H2,1-5H3. The van der Waals surface area contributed by atoms with Gasteiger partial charge in [0.05, 0.1) is 23.5 Å². The predicted octanol–water partition coefficient (Wildman–Crippen LogP) is 2.87. The summed E-state index contributed by atoms with van der Waals surface area (Å²) in [5.74, 6) is 0. The second-order valence-electron chi connectivity index (χ2n) is 5.69. The number of aromatic nitrogens is 4. The Labute approximate surface area is 126 Å². The van der Waals surface area contributed by atoms with Crippen LogP contribution in [-0.2, 0) is 13.5 Å². The molecule has 0 fully saturated rings. The first-order valence-electron chi connectivity index (χ1n) is 7.70. The van der Waals surface area contributed by atoms with Crippen molar-refractivity contribution in [2.24, 2.45) is 7.05 Å². The van der Waals surface area contributed by atoms with Crippen LogP contribution in [0.4, 0.5) is 0 Å². The molecule has 1 unspecified atom stereocenters. The molecule has 0 aliphatic carbocycles. The number of nitrogens with zero attached hydrogens (tertiary/aromatic N) is 4. The number of rotatable bonds is 6. The van der Waals surface area contributed by atoms with E-state index in [4.69, 9.17) is 0 Å². The summed E-state index contributed by atoms with van der Waals surface area (Å²) in [7, 11) is 1.90. The van der Waals surface area contributed by atoms with Crippen molar-refractivity contribution in [3.05, 3.63) is 34.9 Å². The third kappa shape index (κ3) is 3.18. The second kappa shape index (κ2) is 6.43. The van der Waals surface area contributed by atoms with Crippen molar-refractivity contribution in [1.82, 2.24) is 19.6 Å². The molecule has 1 atom stereocenters. The summed E-state index contributed by atoms with van der Waals surface area (Å²) in [6.07, 6.45) is 4.13. The van der Waals surface area contributed by atoms with Gasteiger partial charge in [-0.2, -0.15) is 10.2 Å². The van der Waals surface area contributed by atoms with Gasteiger partial charge in [-0.3, -0.25) is 9.36 Å². The maximum atomic E-state index is 10.5. The Bertz CT molecular complexity index is 595. The van der Waals surface area contributed by atoms with Gasteiger partial charge in [0.25, 0.3) is 0 Å². The highest BCUT2D eigenvalue weighted by atomic mass is 16.3. The largest absolute Gasteiger partial charge is 0.388 e. The molecule has 0 bridgehead atoms. The van der Waals surface area contributed by atoms with Gasteiger partial charge in [-0.25, -0.2) is 0 Å². The normalized spacial score (nSPS) is 13.1. The average Bonchev–Trinajstić information content (AvgIpc) is 2.97. The molecule has 2 heterocycles. The fourth-order valence-electron chi connectivity index (χ4n) is 2.92. The first kappa shape index (κ1) is 15.8. The topological polar surface area (TPSA) is 55.9 Å². The van der Waals surface area contributed by atoms with Gasteiger partial charge in [-0.15, -0.1) is 0 Å². The zero-order valence-electron chi connectivity index (χ0n) is 13.7. The monoisotopic (exact) mass is 290 g/mol. The van der Waals surface area contributed by atoms with E-state index in [0.29, 0.717) is 12.5 Å². The van der Waals surface area contributed by atoms with Crippen LogP contribution in [0.2, 0.25) is 0 Å². The maximum Gasteiger partial charge on any atom is 0.0881 e. The van der Waals surface area contributed by atoms with Gasteiger partial charge in [-0.05, 0) is 32.8 Å². The van der Waals surface area contributed by atoms with Crippen LogP contribution < -0.4 is 0 Å². The number of aliphatic hydroxyl groups excluding tert-OH is 1. The van der Waals surface area contributed by atoms with Gasteiger partial charge in [0.1, 0.15) is 0 Å². The summed E-state index contributed by atoms with van der Waals surface area (Å²) in [5, 5.41) is 19.5. The number of aryl methyl sites for hydroxylation is 2. The Morgan fingerprint density at radius 1 is 1.19 bits per heavy atom. The lowest BCUT2D eigenvalue weighted by atomic mass is 10.0. The molecule has 0 radical (unpaired) electrons. The highest BCUT2D eigenvalue weighted by Crippen LogP contribution is 2.24. The number of aliphatic hydroxyl groups is 1. The highest BCUT2D eigenvalue weighted by Gasteiger charge is 2.19. The Kier molecular flexibility index (Phi) is 4.83. The predicted molar refractivity (Wildman–Crippen MR) is 83.2 cm³/mol. The quantitative estimate of drug-likeness (QED) is 0.890. The molecule has 21 heavy (non-hydrogen) atoms. The van der Waals surface area contributed by atoms with E-state index in [9.17, 15) is 5.11 Å². The van der Waals surface area contributed by atoms with E-state index in [-0.39, 0.29) is 0 Å². The summed E-state index contributed by atoms with van der Waals surface area (Å²) >= 11 is 0. The van der Waals surface area contributed by atoms with E-state index in [2.05, 4.69) is 24.0 Å². The van der Waals surface area contributed by atoms with Crippen LogP contribution in [0.5, 0.6) is 0 Å². The van der Waals surface area contributed by atoms with Gasteiger partial charge in [0.15, 0.2) is 0 Å². The SMILES string of the molecule is CCC(CC)n1ccc(CC(O)c2c(C)nn(C)c2C)n1. The highest BCUT2D eigenvalue weighted by molar-refractivity contribution is 5.27. The van der Waals surface area contributed by atoms with E-state index in [0.717, 1.165) is 35.5 Å². The molecule has 0 aliphatic rings. The lowest BCUT2D eigenvalue weighted by Gasteiger charge is -2.13. The van der Waals surface area contributed by atoms with Gasteiger partial charge in [0, 0.05) is 30.9 Å². The molecule has 5 heteroatoms. The van der Waals surface area contributed by atoms with Crippen molar-refractivity contribution in [2.75, 3.05) is 0 Å². The lowest BCUT2D eigenvalue weighted by molar-refractivity contribution is 0.175. The van der Waals surface area contributed by atoms with E-state index in [1.165, 1.54) is 0 Å². The minimum atomic E-state index is -0.552. The van der Waals surface area contributed by atoms with Gasteiger partial charge < -0.3 is 5.11 Å². The third-order valence-corrected chi connectivity index (χ3v) is 4.28. The zero-order chi connectivity index (χ0) is 15.6. The molecule has 0 saturated carbocycles. The van der Waals surface area contributed by atoms with Gasteiger partial charge >= 0.3 is 0 Å². The molecule has 0 aliphatic heterocycles. The second-order valence-corrected chi connectivity index (χ2v) is 5.69. The van der Waals surface area contributed by atoms with Crippen molar-refractivity contribution in [3.63, 3.8) is 0 Å². The van der Waals surface area contributed by atoms with Crippen LogP contribution in [0.3, 0.4) is 0 Å². The van der Waals surface area contributed by atoms with Crippen molar-refractivity contribution >= 4 is 0 Å². The van der Waals surface area contributed by atoms with Crippen LogP contribution in [0.15, 0.2) is 12.3 Å². The van der Waals surface area contributed by atoms with E-state index in [1.54, 1.807) is 0 Å². The molecule has 116 valence electrons. The summed E-state index contributed by atoms with van der Waals surface area (Å²) in [6.45, 7) is 8.27. The van der Waals surface area contributed by atoms with Crippen LogP contribution in [0.25, 0.3) is 0 Å². The molecule has 0 aromatic carbocycles. The lowest BCUT2D eigenvalue weighted by Crippen LogP contribution is -2.09. The first-order chi connectivity index (χ1) is 9.97. The molecular formula is C16H26N4O. The first-order valence-corrected chi connectivity index (χ1v) is 7.70. The molecule has 2 rings (SSSR count). The number of hydrogen-bond acceptors (Lipinski definition) is 3. The molecule has 2 aromatic heterocycles. The smallest absolute Gasteiger partial charge is 0.0881 e. The Morgan fingerprint density at radius 3 is 2.38 bits per heavy atom. The van der Waals surface area contributed by atoms with E-state index in [1.807, 2.05) is 42.5 Å². The van der Waals surface area contributed by atoms with E-state index >= 15 is 0 Å². The van der Waals surface area contributed by atoms with Crippen molar-refractivity contribution in [2.45, 2.75) is 59.1 Å². The fraction of sp³-hybridized carbons (Fsp3) is 0.625. The minimum Gasteiger partial charge on any atom is -0.388 e. The Hall–Kier alpha value is -1.62. The summed E-state index contributed by atoms with van der Waals surface area (Å²) in [4.78, 5) is 0. The van der Waals surface area contributed by atoms with E-state index < -0.39 is 6.10 Å². The molecular weight excluding hydrogens is 264 g/mol. The molecule has 1 N–H and O–H groups in total. The summed E-state index contributed by atoms with van der Waals surface area (Å²) in [5.41, 5.74) is 3.76. The Morgan fingerprint density at radius 2 is 1.86 bits per heavy atom.